The number of nitrogens with one attached hydrogen (secondary N) is 1. The van der Waals surface area contributed by atoms with Crippen molar-refractivity contribution in [3.8, 4) is 11.4 Å². The fraction of sp³-hybridized carbons (Fsp3) is 0.438. The first-order valence-corrected chi connectivity index (χ1v) is 7.55. The fourth-order valence-electron chi connectivity index (χ4n) is 2.73. The topological polar surface area (TPSA) is 71.3 Å². The van der Waals surface area contributed by atoms with Gasteiger partial charge in [-0.25, -0.2) is 0 Å². The van der Waals surface area contributed by atoms with E-state index in [4.69, 9.17) is 4.52 Å². The van der Waals surface area contributed by atoms with Crippen molar-refractivity contribution in [2.24, 2.45) is 5.92 Å². The van der Waals surface area contributed by atoms with Crippen LogP contribution < -0.4 is 5.32 Å². The number of carbonyl (C=O) groups excluding carboxylic acids is 1. The predicted octanol–water partition coefficient (Wildman–Crippen LogP) is 1.69. The third kappa shape index (κ3) is 3.51. The largest absolute Gasteiger partial charge is 0.359 e. The number of rotatable bonds is 4. The van der Waals surface area contributed by atoms with Crippen molar-refractivity contribution >= 4 is 5.91 Å². The maximum Gasteiger partial charge on any atom is 0.224 e. The molecule has 116 valence electrons. The van der Waals surface area contributed by atoms with Crippen LogP contribution in [0, 0.1) is 5.92 Å². The lowest BCUT2D eigenvalue weighted by Gasteiger charge is -2.28. The zero-order chi connectivity index (χ0) is 15.4. The Morgan fingerprint density at radius 1 is 1.45 bits per heavy atom. The molecule has 3 heterocycles. The summed E-state index contributed by atoms with van der Waals surface area (Å²) in [5.74, 6) is 0.789. The summed E-state index contributed by atoms with van der Waals surface area (Å²) >= 11 is 0. The SMILES string of the molecule is CN1CCC[C@H](C(=O)NCc2cc(-c3ccccn3)no2)C1. The second kappa shape index (κ2) is 6.70. The first kappa shape index (κ1) is 14.7. The van der Waals surface area contributed by atoms with E-state index in [1.54, 1.807) is 6.20 Å². The van der Waals surface area contributed by atoms with Gasteiger partial charge in [-0.15, -0.1) is 0 Å². The monoisotopic (exact) mass is 300 g/mol. The van der Waals surface area contributed by atoms with Crippen LogP contribution in [-0.2, 0) is 11.3 Å². The summed E-state index contributed by atoms with van der Waals surface area (Å²) in [7, 11) is 2.05. The molecule has 0 radical (unpaired) electrons. The van der Waals surface area contributed by atoms with Gasteiger partial charge in [-0.05, 0) is 38.6 Å². The summed E-state index contributed by atoms with van der Waals surface area (Å²) in [5, 5.41) is 6.93. The van der Waals surface area contributed by atoms with Gasteiger partial charge in [0.1, 0.15) is 5.69 Å². The Morgan fingerprint density at radius 2 is 2.36 bits per heavy atom. The molecule has 6 heteroatoms. The molecule has 6 nitrogen and oxygen atoms in total. The molecule has 0 unspecified atom stereocenters. The highest BCUT2D eigenvalue weighted by atomic mass is 16.5. The maximum atomic E-state index is 12.2. The molecule has 2 aromatic heterocycles. The van der Waals surface area contributed by atoms with Gasteiger partial charge in [0.15, 0.2) is 5.76 Å². The van der Waals surface area contributed by atoms with Crippen LogP contribution in [0.3, 0.4) is 0 Å². The third-order valence-corrected chi connectivity index (χ3v) is 3.92. The van der Waals surface area contributed by atoms with Crippen molar-refractivity contribution in [2.75, 3.05) is 20.1 Å². The van der Waals surface area contributed by atoms with E-state index in [1.165, 1.54) is 0 Å². The van der Waals surface area contributed by atoms with Crippen molar-refractivity contribution in [1.29, 1.82) is 0 Å². The maximum absolute atomic E-state index is 12.2. The van der Waals surface area contributed by atoms with Crippen LogP contribution in [-0.4, -0.2) is 41.1 Å². The minimum Gasteiger partial charge on any atom is -0.359 e. The zero-order valence-electron chi connectivity index (χ0n) is 12.7. The van der Waals surface area contributed by atoms with Crippen LogP contribution in [0.4, 0.5) is 0 Å². The second-order valence-corrected chi connectivity index (χ2v) is 5.71. The van der Waals surface area contributed by atoms with E-state index in [-0.39, 0.29) is 11.8 Å². The van der Waals surface area contributed by atoms with Gasteiger partial charge >= 0.3 is 0 Å². The molecule has 0 aliphatic carbocycles. The Morgan fingerprint density at radius 3 is 3.14 bits per heavy atom. The van der Waals surface area contributed by atoms with Crippen LogP contribution in [0.15, 0.2) is 35.0 Å². The highest BCUT2D eigenvalue weighted by Crippen LogP contribution is 2.17. The molecule has 0 bridgehead atoms. The predicted molar refractivity (Wildman–Crippen MR) is 81.8 cm³/mol. The quantitative estimate of drug-likeness (QED) is 0.930. The number of likely N-dealkylation sites (tertiary alicyclic amines) is 1. The van der Waals surface area contributed by atoms with E-state index >= 15 is 0 Å². The minimum atomic E-state index is 0.0666. The lowest BCUT2D eigenvalue weighted by Crippen LogP contribution is -2.41. The number of piperidine rings is 1. The molecule has 2 aromatic rings. The van der Waals surface area contributed by atoms with E-state index in [2.05, 4.69) is 27.4 Å². The average Bonchev–Trinajstić information content (AvgIpc) is 3.02. The van der Waals surface area contributed by atoms with E-state index in [1.807, 2.05) is 24.3 Å². The summed E-state index contributed by atoms with van der Waals surface area (Å²) in [6.45, 7) is 2.25. The Kier molecular flexibility index (Phi) is 4.48. The average molecular weight is 300 g/mol. The lowest BCUT2D eigenvalue weighted by atomic mass is 9.97. The Labute approximate surface area is 129 Å². The molecule has 1 aliphatic rings. The summed E-state index contributed by atoms with van der Waals surface area (Å²) in [5.41, 5.74) is 1.44. The second-order valence-electron chi connectivity index (χ2n) is 5.71. The number of amides is 1. The van der Waals surface area contributed by atoms with Crippen molar-refractivity contribution in [3.05, 3.63) is 36.2 Å². The molecule has 0 saturated carbocycles. The number of nitrogens with zero attached hydrogens (tertiary/aromatic N) is 3. The van der Waals surface area contributed by atoms with E-state index in [9.17, 15) is 4.79 Å². The zero-order valence-corrected chi connectivity index (χ0v) is 12.7. The number of carbonyl (C=O) groups is 1. The Hall–Kier alpha value is -2.21. The van der Waals surface area contributed by atoms with Gasteiger partial charge in [0.05, 0.1) is 18.2 Å². The highest BCUT2D eigenvalue weighted by Gasteiger charge is 2.23. The van der Waals surface area contributed by atoms with Gasteiger partial charge in [0.2, 0.25) is 5.91 Å². The smallest absolute Gasteiger partial charge is 0.224 e. The lowest BCUT2D eigenvalue weighted by molar-refractivity contribution is -0.126. The molecule has 1 N–H and O–H groups in total. The summed E-state index contributed by atoms with van der Waals surface area (Å²) < 4.78 is 5.26. The number of pyridine rings is 1. The van der Waals surface area contributed by atoms with Crippen LogP contribution in [0.1, 0.15) is 18.6 Å². The van der Waals surface area contributed by atoms with E-state index in [0.717, 1.165) is 31.6 Å². The molecule has 22 heavy (non-hydrogen) atoms. The number of aromatic nitrogens is 2. The van der Waals surface area contributed by atoms with Crippen molar-refractivity contribution in [1.82, 2.24) is 20.4 Å². The van der Waals surface area contributed by atoms with Gasteiger partial charge in [-0.1, -0.05) is 11.2 Å². The Balaban J connectivity index is 1.56. The minimum absolute atomic E-state index is 0.0666. The first-order chi connectivity index (χ1) is 10.7. The molecule has 1 aliphatic heterocycles. The normalized spacial score (nSPS) is 19.0. The molecule has 3 rings (SSSR count). The van der Waals surface area contributed by atoms with Crippen molar-refractivity contribution < 1.29 is 9.32 Å². The van der Waals surface area contributed by atoms with Crippen LogP contribution in [0.2, 0.25) is 0 Å². The van der Waals surface area contributed by atoms with Gasteiger partial charge in [-0.3, -0.25) is 9.78 Å². The number of hydrogen-bond donors (Lipinski definition) is 1. The van der Waals surface area contributed by atoms with E-state index in [0.29, 0.717) is 18.0 Å². The molecule has 1 fully saturated rings. The summed E-state index contributed by atoms with van der Waals surface area (Å²) in [4.78, 5) is 18.6. The Bertz CT molecular complexity index is 626. The highest BCUT2D eigenvalue weighted by molar-refractivity contribution is 5.78. The van der Waals surface area contributed by atoms with Gasteiger partial charge in [-0.2, -0.15) is 0 Å². The summed E-state index contributed by atoms with van der Waals surface area (Å²) in [6, 6.07) is 7.44. The van der Waals surface area contributed by atoms with Crippen molar-refractivity contribution in [2.45, 2.75) is 19.4 Å². The van der Waals surface area contributed by atoms with Gasteiger partial charge in [0.25, 0.3) is 0 Å². The molecule has 1 atom stereocenters. The van der Waals surface area contributed by atoms with Gasteiger partial charge in [0, 0.05) is 18.8 Å². The van der Waals surface area contributed by atoms with Crippen molar-refractivity contribution in [3.63, 3.8) is 0 Å². The molecule has 0 spiro atoms. The standard InChI is InChI=1S/C16H20N4O2/c1-20-8-4-5-12(11-20)16(21)18-10-13-9-15(19-22-13)14-6-2-3-7-17-14/h2-3,6-7,9,12H,4-5,8,10-11H2,1H3,(H,18,21)/t12-/m0/s1. The fourth-order valence-corrected chi connectivity index (χ4v) is 2.73. The summed E-state index contributed by atoms with van der Waals surface area (Å²) in [6.07, 6.45) is 3.73. The van der Waals surface area contributed by atoms with Crippen LogP contribution >= 0.6 is 0 Å². The molecular formula is C16H20N4O2. The molecule has 1 saturated heterocycles. The first-order valence-electron chi connectivity index (χ1n) is 7.55. The number of hydrogen-bond acceptors (Lipinski definition) is 5. The third-order valence-electron chi connectivity index (χ3n) is 3.92. The van der Waals surface area contributed by atoms with Gasteiger partial charge < -0.3 is 14.7 Å². The molecule has 0 aromatic carbocycles. The molecular weight excluding hydrogens is 280 g/mol. The van der Waals surface area contributed by atoms with E-state index < -0.39 is 0 Å². The molecule has 1 amide bonds. The van der Waals surface area contributed by atoms with Crippen LogP contribution in [0.5, 0.6) is 0 Å². The van der Waals surface area contributed by atoms with Crippen LogP contribution in [0.25, 0.3) is 11.4 Å².